The highest BCUT2D eigenvalue weighted by Gasteiger charge is 2.42. The molecule has 2 nitrogen and oxygen atoms in total. The lowest BCUT2D eigenvalue weighted by molar-refractivity contribution is -0.175. The number of alkyl halides is 3. The molecule has 0 saturated carbocycles. The van der Waals surface area contributed by atoms with Crippen molar-refractivity contribution in [2.75, 3.05) is 18.0 Å². The van der Waals surface area contributed by atoms with Crippen LogP contribution in [0.25, 0.3) is 0 Å². The molecule has 2 N–H and O–H groups in total. The Labute approximate surface area is 129 Å². The lowest BCUT2D eigenvalue weighted by Crippen LogP contribution is -2.42. The summed E-state index contributed by atoms with van der Waals surface area (Å²) in [7, 11) is 0. The molecule has 1 atom stereocenters. The minimum Gasteiger partial charge on any atom is -0.389 e. The van der Waals surface area contributed by atoms with Crippen LogP contribution in [-0.2, 0) is 0 Å². The number of nitrogens with two attached hydrogens (primary N) is 1. The summed E-state index contributed by atoms with van der Waals surface area (Å²) >= 11 is 8.31. The van der Waals surface area contributed by atoms with E-state index in [0.717, 1.165) is 4.47 Å². The molecule has 1 aromatic rings. The van der Waals surface area contributed by atoms with Crippen molar-refractivity contribution in [1.82, 2.24) is 0 Å². The van der Waals surface area contributed by atoms with Crippen molar-refractivity contribution in [3.05, 3.63) is 28.2 Å². The van der Waals surface area contributed by atoms with Crippen LogP contribution in [0, 0.1) is 5.92 Å². The van der Waals surface area contributed by atoms with Crippen molar-refractivity contribution in [2.24, 2.45) is 11.7 Å². The maximum atomic E-state index is 12.9. The van der Waals surface area contributed by atoms with Crippen LogP contribution in [0.2, 0.25) is 0 Å². The topological polar surface area (TPSA) is 29.3 Å². The van der Waals surface area contributed by atoms with E-state index >= 15 is 0 Å². The van der Waals surface area contributed by atoms with E-state index in [1.807, 2.05) is 0 Å². The van der Waals surface area contributed by atoms with E-state index in [9.17, 15) is 13.2 Å². The summed E-state index contributed by atoms with van der Waals surface area (Å²) in [5.74, 6) is -1.30. The van der Waals surface area contributed by atoms with Crippen LogP contribution >= 0.6 is 28.1 Å². The van der Waals surface area contributed by atoms with Gasteiger partial charge >= 0.3 is 6.18 Å². The zero-order valence-electron chi connectivity index (χ0n) is 10.6. The summed E-state index contributed by atoms with van der Waals surface area (Å²) in [5, 5.41) is 0. The summed E-state index contributed by atoms with van der Waals surface area (Å²) in [6, 6.07) is 5.29. The van der Waals surface area contributed by atoms with E-state index in [1.54, 1.807) is 23.1 Å². The molecule has 1 aliphatic heterocycles. The maximum absolute atomic E-state index is 12.9. The van der Waals surface area contributed by atoms with Crippen molar-refractivity contribution >= 4 is 38.8 Å². The lowest BCUT2D eigenvalue weighted by Gasteiger charge is -2.36. The first-order valence-corrected chi connectivity index (χ1v) is 7.40. The van der Waals surface area contributed by atoms with Gasteiger partial charge in [0.2, 0.25) is 0 Å². The number of anilines is 1. The second-order valence-electron chi connectivity index (χ2n) is 4.85. The van der Waals surface area contributed by atoms with Crippen LogP contribution in [0.4, 0.5) is 18.9 Å². The second-order valence-corrected chi connectivity index (χ2v) is 6.21. The van der Waals surface area contributed by atoms with Gasteiger partial charge in [-0.1, -0.05) is 28.1 Å². The molecule has 0 bridgehead atoms. The SMILES string of the molecule is NC(=S)c1ccc(Br)cc1N1CCCC(C(F)(F)F)C1. The van der Waals surface area contributed by atoms with Crippen LogP contribution in [0.15, 0.2) is 22.7 Å². The summed E-state index contributed by atoms with van der Waals surface area (Å²) in [6.45, 7) is 0.536. The number of thiocarbonyl (C=S) groups is 1. The van der Waals surface area contributed by atoms with Gasteiger partial charge in [-0.25, -0.2) is 0 Å². The van der Waals surface area contributed by atoms with Gasteiger partial charge in [-0.3, -0.25) is 0 Å². The molecule has 20 heavy (non-hydrogen) atoms. The van der Waals surface area contributed by atoms with E-state index in [1.165, 1.54) is 0 Å². The van der Waals surface area contributed by atoms with E-state index in [0.29, 0.717) is 24.2 Å². The molecule has 1 aliphatic rings. The molecule has 1 fully saturated rings. The predicted molar refractivity (Wildman–Crippen MR) is 81.0 cm³/mol. The van der Waals surface area contributed by atoms with Crippen molar-refractivity contribution in [2.45, 2.75) is 19.0 Å². The molecule has 1 heterocycles. The predicted octanol–water partition coefficient (Wildman–Crippen LogP) is 3.86. The number of hydrogen-bond donors (Lipinski definition) is 1. The third-order valence-electron chi connectivity index (χ3n) is 3.45. The number of halogens is 4. The fourth-order valence-electron chi connectivity index (χ4n) is 2.44. The Morgan fingerprint density at radius 1 is 1.40 bits per heavy atom. The Kier molecular flexibility index (Phi) is 4.59. The lowest BCUT2D eigenvalue weighted by atomic mass is 9.96. The highest BCUT2D eigenvalue weighted by molar-refractivity contribution is 9.10. The number of benzene rings is 1. The van der Waals surface area contributed by atoms with Crippen LogP contribution in [0.5, 0.6) is 0 Å². The minimum absolute atomic E-state index is 0.0461. The zero-order valence-corrected chi connectivity index (χ0v) is 13.0. The van der Waals surface area contributed by atoms with Crippen molar-refractivity contribution in [3.63, 3.8) is 0 Å². The maximum Gasteiger partial charge on any atom is 0.393 e. The summed E-state index contributed by atoms with van der Waals surface area (Å²) in [5.41, 5.74) is 6.94. The molecule has 110 valence electrons. The van der Waals surface area contributed by atoms with Crippen LogP contribution < -0.4 is 10.6 Å². The van der Waals surface area contributed by atoms with Gasteiger partial charge < -0.3 is 10.6 Å². The molecular formula is C13H14BrF3N2S. The molecule has 0 spiro atoms. The molecule has 2 rings (SSSR count). The third kappa shape index (κ3) is 3.44. The van der Waals surface area contributed by atoms with Gasteiger partial charge in [0.1, 0.15) is 4.99 Å². The highest BCUT2D eigenvalue weighted by atomic mass is 79.9. The van der Waals surface area contributed by atoms with Crippen LogP contribution in [0.1, 0.15) is 18.4 Å². The molecule has 0 amide bonds. The third-order valence-corrected chi connectivity index (χ3v) is 4.16. The standard InChI is InChI=1S/C13H14BrF3N2S/c14-9-3-4-10(12(18)20)11(6-9)19-5-1-2-8(7-19)13(15,16)17/h3-4,6,8H,1-2,5,7H2,(H2,18,20). The largest absolute Gasteiger partial charge is 0.393 e. The Morgan fingerprint density at radius 3 is 2.70 bits per heavy atom. The molecule has 0 aliphatic carbocycles. The number of piperidine rings is 1. The normalized spacial score (nSPS) is 20.0. The average Bonchev–Trinajstić information content (AvgIpc) is 2.37. The molecule has 1 unspecified atom stereocenters. The van der Waals surface area contributed by atoms with Gasteiger partial charge in [0.25, 0.3) is 0 Å². The number of nitrogens with zero attached hydrogens (tertiary/aromatic N) is 1. The molecule has 1 aromatic carbocycles. The Hall–Kier alpha value is -0.820. The van der Waals surface area contributed by atoms with Crippen LogP contribution in [0.3, 0.4) is 0 Å². The first kappa shape index (κ1) is 15.6. The number of hydrogen-bond acceptors (Lipinski definition) is 2. The van der Waals surface area contributed by atoms with Crippen molar-refractivity contribution in [3.8, 4) is 0 Å². The van der Waals surface area contributed by atoms with Gasteiger partial charge in [0.05, 0.1) is 5.92 Å². The number of rotatable bonds is 2. The fraction of sp³-hybridized carbons (Fsp3) is 0.462. The molecular weight excluding hydrogens is 353 g/mol. The average molecular weight is 367 g/mol. The molecule has 0 aromatic heterocycles. The van der Waals surface area contributed by atoms with E-state index < -0.39 is 12.1 Å². The minimum atomic E-state index is -4.16. The monoisotopic (exact) mass is 366 g/mol. The van der Waals surface area contributed by atoms with Gasteiger partial charge in [-0.05, 0) is 31.0 Å². The van der Waals surface area contributed by atoms with Crippen LogP contribution in [-0.4, -0.2) is 24.3 Å². The Bertz CT molecular complexity index is 519. The van der Waals surface area contributed by atoms with E-state index in [-0.39, 0.29) is 18.0 Å². The molecule has 1 saturated heterocycles. The smallest absolute Gasteiger partial charge is 0.389 e. The Balaban J connectivity index is 2.31. The molecule has 7 heteroatoms. The molecule has 0 radical (unpaired) electrons. The van der Waals surface area contributed by atoms with Gasteiger partial charge in [0, 0.05) is 28.8 Å². The van der Waals surface area contributed by atoms with E-state index in [2.05, 4.69) is 15.9 Å². The highest BCUT2D eigenvalue weighted by Crippen LogP contribution is 2.36. The quantitative estimate of drug-likeness (QED) is 0.805. The first-order valence-electron chi connectivity index (χ1n) is 6.20. The van der Waals surface area contributed by atoms with Gasteiger partial charge in [-0.2, -0.15) is 13.2 Å². The summed E-state index contributed by atoms with van der Waals surface area (Å²) in [6.07, 6.45) is -3.47. The van der Waals surface area contributed by atoms with Gasteiger partial charge in [-0.15, -0.1) is 0 Å². The van der Waals surface area contributed by atoms with Gasteiger partial charge in [0.15, 0.2) is 0 Å². The zero-order chi connectivity index (χ0) is 14.9. The second kappa shape index (κ2) is 5.89. The summed E-state index contributed by atoms with van der Waals surface area (Å²) < 4.78 is 39.4. The van der Waals surface area contributed by atoms with Crippen molar-refractivity contribution in [1.29, 1.82) is 0 Å². The summed E-state index contributed by atoms with van der Waals surface area (Å²) in [4.78, 5) is 1.92. The first-order chi connectivity index (χ1) is 9.29. The fourth-order valence-corrected chi connectivity index (χ4v) is 2.96. The van der Waals surface area contributed by atoms with Crippen molar-refractivity contribution < 1.29 is 13.2 Å². The van der Waals surface area contributed by atoms with E-state index in [4.69, 9.17) is 18.0 Å². The Morgan fingerprint density at radius 2 is 2.10 bits per heavy atom.